The van der Waals surface area contributed by atoms with Crippen molar-refractivity contribution in [3.8, 4) is 0 Å². The molecule has 2 aromatic heterocycles. The van der Waals surface area contributed by atoms with Gasteiger partial charge in [0.2, 0.25) is 0 Å². The highest BCUT2D eigenvalue weighted by molar-refractivity contribution is 5.94. The number of nitrogens with one attached hydrogen (secondary N) is 2. The Bertz CT molecular complexity index is 774. The van der Waals surface area contributed by atoms with E-state index in [0.717, 1.165) is 24.2 Å². The summed E-state index contributed by atoms with van der Waals surface area (Å²) in [4.78, 5) is 29.2. The third-order valence-corrected chi connectivity index (χ3v) is 5.00. The van der Waals surface area contributed by atoms with Gasteiger partial charge in [-0.2, -0.15) is 5.10 Å². The van der Waals surface area contributed by atoms with Crippen molar-refractivity contribution in [2.45, 2.75) is 37.5 Å². The van der Waals surface area contributed by atoms with E-state index in [1.807, 2.05) is 11.0 Å². The maximum absolute atomic E-state index is 12.7. The fourth-order valence-corrected chi connectivity index (χ4v) is 3.54. The number of rotatable bonds is 4. The average Bonchev–Trinajstić information content (AvgIpc) is 3.13. The number of likely N-dealkylation sites (tertiary alicyclic amines) is 1. The Morgan fingerprint density at radius 3 is 2.83 bits per heavy atom. The van der Waals surface area contributed by atoms with Gasteiger partial charge in [0.25, 0.3) is 11.8 Å². The number of aromatic amines is 2. The molecular formula is C17H21N5O2. The summed E-state index contributed by atoms with van der Waals surface area (Å²) in [6.45, 7) is 1.29. The first kappa shape index (κ1) is 15.0. The fraction of sp³-hybridized carbons (Fsp3) is 0.471. The molecule has 126 valence electrons. The molecule has 0 radical (unpaired) electrons. The molecule has 3 heterocycles. The average molecular weight is 327 g/mol. The maximum Gasteiger partial charge on any atom is 0.274 e. The maximum atomic E-state index is 12.7. The van der Waals surface area contributed by atoms with Crippen molar-refractivity contribution >= 4 is 11.8 Å². The lowest BCUT2D eigenvalue weighted by Gasteiger charge is -2.32. The second-order valence-electron chi connectivity index (χ2n) is 6.74. The largest absolute Gasteiger partial charge is 0.366 e. The van der Waals surface area contributed by atoms with E-state index in [1.54, 1.807) is 12.3 Å². The third kappa shape index (κ3) is 2.70. The molecule has 1 unspecified atom stereocenters. The van der Waals surface area contributed by atoms with E-state index in [9.17, 15) is 9.59 Å². The van der Waals surface area contributed by atoms with Gasteiger partial charge in [0.15, 0.2) is 0 Å². The van der Waals surface area contributed by atoms with Crippen LogP contribution in [0.25, 0.3) is 0 Å². The molecule has 2 amide bonds. The summed E-state index contributed by atoms with van der Waals surface area (Å²) in [6, 6.07) is 3.58. The van der Waals surface area contributed by atoms with Gasteiger partial charge in [-0.1, -0.05) is 0 Å². The van der Waals surface area contributed by atoms with Gasteiger partial charge in [-0.15, -0.1) is 0 Å². The number of nitrogens with two attached hydrogens (primary N) is 1. The molecular weight excluding hydrogens is 306 g/mol. The van der Waals surface area contributed by atoms with Gasteiger partial charge in [-0.25, -0.2) is 0 Å². The second-order valence-corrected chi connectivity index (χ2v) is 6.74. The van der Waals surface area contributed by atoms with Crippen molar-refractivity contribution < 1.29 is 9.59 Å². The van der Waals surface area contributed by atoms with Crippen LogP contribution in [0.5, 0.6) is 0 Å². The predicted octanol–water partition coefficient (Wildman–Crippen LogP) is 1.73. The zero-order valence-electron chi connectivity index (χ0n) is 13.4. The monoisotopic (exact) mass is 327 g/mol. The van der Waals surface area contributed by atoms with Crippen molar-refractivity contribution in [1.82, 2.24) is 20.1 Å². The summed E-state index contributed by atoms with van der Waals surface area (Å²) in [5, 5.41) is 7.17. The van der Waals surface area contributed by atoms with Crippen LogP contribution in [-0.4, -0.2) is 45.0 Å². The van der Waals surface area contributed by atoms with E-state index in [-0.39, 0.29) is 11.8 Å². The standard InChI is InChI=1S/C17H21N5O2/c18-16(23)12-5-6-19-15(12)11-2-1-7-22(9-11)17(24)14-8-13(20-21-14)10-3-4-10/h5-6,8,10-11,19H,1-4,7,9H2,(H2,18,23)(H,20,21). The normalized spacial score (nSPS) is 21.0. The minimum Gasteiger partial charge on any atom is -0.366 e. The molecule has 0 bridgehead atoms. The number of carbonyl (C=O) groups is 2. The van der Waals surface area contributed by atoms with Crippen molar-refractivity contribution in [2.24, 2.45) is 5.73 Å². The van der Waals surface area contributed by atoms with Crippen LogP contribution in [0.1, 0.15) is 69.8 Å². The van der Waals surface area contributed by atoms with Crippen LogP contribution >= 0.6 is 0 Å². The first-order chi connectivity index (χ1) is 11.6. The van der Waals surface area contributed by atoms with Crippen LogP contribution in [0.15, 0.2) is 18.3 Å². The van der Waals surface area contributed by atoms with Crippen LogP contribution in [0, 0.1) is 0 Å². The number of H-pyrrole nitrogens is 2. The summed E-state index contributed by atoms with van der Waals surface area (Å²) in [6.07, 6.45) is 5.90. The number of nitrogens with zero attached hydrogens (tertiary/aromatic N) is 2. The topological polar surface area (TPSA) is 108 Å². The van der Waals surface area contributed by atoms with Gasteiger partial charge >= 0.3 is 0 Å². The van der Waals surface area contributed by atoms with Gasteiger partial charge in [0.05, 0.1) is 5.56 Å². The van der Waals surface area contributed by atoms with Crippen LogP contribution in [0.3, 0.4) is 0 Å². The Labute approximate surface area is 139 Å². The van der Waals surface area contributed by atoms with Gasteiger partial charge in [0, 0.05) is 42.5 Å². The highest BCUT2D eigenvalue weighted by atomic mass is 16.2. The molecule has 4 N–H and O–H groups in total. The second kappa shape index (κ2) is 5.81. The lowest BCUT2D eigenvalue weighted by atomic mass is 9.92. The third-order valence-electron chi connectivity index (χ3n) is 5.00. The number of aromatic nitrogens is 3. The minimum atomic E-state index is -0.434. The molecule has 2 aromatic rings. The van der Waals surface area contributed by atoms with E-state index in [1.165, 1.54) is 12.8 Å². The van der Waals surface area contributed by atoms with Crippen molar-refractivity contribution in [2.75, 3.05) is 13.1 Å². The highest BCUT2D eigenvalue weighted by Crippen LogP contribution is 2.39. The van der Waals surface area contributed by atoms with E-state index >= 15 is 0 Å². The fourth-order valence-electron chi connectivity index (χ4n) is 3.54. The Morgan fingerprint density at radius 2 is 2.08 bits per heavy atom. The molecule has 2 fully saturated rings. The molecule has 1 atom stereocenters. The Kier molecular flexibility index (Phi) is 3.63. The van der Waals surface area contributed by atoms with Gasteiger partial charge in [-0.3, -0.25) is 14.7 Å². The van der Waals surface area contributed by atoms with Crippen molar-refractivity contribution in [3.05, 3.63) is 41.0 Å². The summed E-state index contributed by atoms with van der Waals surface area (Å²) in [5.41, 5.74) is 8.33. The van der Waals surface area contributed by atoms with E-state index in [2.05, 4.69) is 15.2 Å². The number of piperidine rings is 1. The molecule has 0 spiro atoms. The van der Waals surface area contributed by atoms with E-state index in [4.69, 9.17) is 5.73 Å². The quantitative estimate of drug-likeness (QED) is 0.796. The lowest BCUT2D eigenvalue weighted by molar-refractivity contribution is 0.0700. The molecule has 1 aliphatic heterocycles. The van der Waals surface area contributed by atoms with Crippen molar-refractivity contribution in [1.29, 1.82) is 0 Å². The number of hydrogen-bond donors (Lipinski definition) is 3. The molecule has 7 nitrogen and oxygen atoms in total. The van der Waals surface area contributed by atoms with E-state index < -0.39 is 5.91 Å². The van der Waals surface area contributed by atoms with Crippen LogP contribution in [0.4, 0.5) is 0 Å². The van der Waals surface area contributed by atoms with Crippen LogP contribution < -0.4 is 5.73 Å². The smallest absolute Gasteiger partial charge is 0.274 e. The Morgan fingerprint density at radius 1 is 1.25 bits per heavy atom. The number of primary amides is 1. The first-order valence-electron chi connectivity index (χ1n) is 8.45. The Hall–Kier alpha value is -2.57. The molecule has 2 aliphatic rings. The lowest BCUT2D eigenvalue weighted by Crippen LogP contribution is -2.39. The van der Waals surface area contributed by atoms with Gasteiger partial charge in [0.1, 0.15) is 5.69 Å². The minimum absolute atomic E-state index is 0.0463. The number of carbonyl (C=O) groups excluding carboxylic acids is 2. The summed E-state index contributed by atoms with van der Waals surface area (Å²) in [5.74, 6) is 0.165. The van der Waals surface area contributed by atoms with E-state index in [0.29, 0.717) is 30.3 Å². The van der Waals surface area contributed by atoms with Crippen LogP contribution in [-0.2, 0) is 0 Å². The molecule has 1 aliphatic carbocycles. The summed E-state index contributed by atoms with van der Waals surface area (Å²) >= 11 is 0. The van der Waals surface area contributed by atoms with Crippen molar-refractivity contribution in [3.63, 3.8) is 0 Å². The summed E-state index contributed by atoms with van der Waals surface area (Å²) < 4.78 is 0. The zero-order chi connectivity index (χ0) is 16.7. The number of amides is 2. The van der Waals surface area contributed by atoms with Gasteiger partial charge < -0.3 is 15.6 Å². The molecule has 1 saturated carbocycles. The molecule has 7 heteroatoms. The van der Waals surface area contributed by atoms with Crippen LogP contribution in [0.2, 0.25) is 0 Å². The number of hydrogen-bond acceptors (Lipinski definition) is 3. The zero-order valence-corrected chi connectivity index (χ0v) is 13.4. The molecule has 24 heavy (non-hydrogen) atoms. The molecule has 4 rings (SSSR count). The predicted molar refractivity (Wildman–Crippen MR) is 87.8 cm³/mol. The SMILES string of the molecule is NC(=O)c1cc[nH]c1C1CCCN(C(=O)c2cc(C3CC3)[nH]n2)C1. The highest BCUT2D eigenvalue weighted by Gasteiger charge is 2.31. The molecule has 1 saturated heterocycles. The first-order valence-corrected chi connectivity index (χ1v) is 8.45. The summed E-state index contributed by atoms with van der Waals surface area (Å²) in [7, 11) is 0. The Balaban J connectivity index is 1.50. The molecule has 0 aromatic carbocycles. The van der Waals surface area contributed by atoms with Gasteiger partial charge in [-0.05, 0) is 37.8 Å².